The first-order valence-corrected chi connectivity index (χ1v) is 7.91. The lowest BCUT2D eigenvalue weighted by molar-refractivity contribution is -0.314. The lowest BCUT2D eigenvalue weighted by Crippen LogP contribution is -2.33. The van der Waals surface area contributed by atoms with E-state index in [9.17, 15) is 19.5 Å². The molecule has 0 aromatic heterocycles. The maximum absolute atomic E-state index is 11.2. The van der Waals surface area contributed by atoms with Crippen molar-refractivity contribution in [1.29, 1.82) is 0 Å². The molecule has 9 nitrogen and oxygen atoms in total. The van der Waals surface area contributed by atoms with Gasteiger partial charge in [-0.25, -0.2) is 14.6 Å². The first-order chi connectivity index (χ1) is 11.7. The smallest absolute Gasteiger partial charge is 0.333 e. The second-order valence-electron chi connectivity index (χ2n) is 6.25. The molecule has 3 unspecified atom stereocenters. The third-order valence-corrected chi connectivity index (χ3v) is 3.91. The van der Waals surface area contributed by atoms with E-state index in [-0.39, 0.29) is 37.7 Å². The predicted molar refractivity (Wildman–Crippen MR) is 83.3 cm³/mol. The molecule has 0 aromatic rings. The summed E-state index contributed by atoms with van der Waals surface area (Å²) in [5.41, 5.74) is 0.211. The predicted octanol–water partition coefficient (Wildman–Crippen LogP) is 0.616. The number of aliphatic hydroxyl groups is 1. The zero-order valence-corrected chi connectivity index (χ0v) is 14.1. The molecule has 1 fully saturated rings. The third-order valence-electron chi connectivity index (χ3n) is 3.91. The van der Waals surface area contributed by atoms with Gasteiger partial charge in [-0.15, -0.1) is 0 Å². The highest BCUT2D eigenvalue weighted by Crippen LogP contribution is 2.34. The van der Waals surface area contributed by atoms with Gasteiger partial charge in [-0.3, -0.25) is 9.59 Å². The molecule has 1 aliphatic carbocycles. The highest BCUT2D eigenvalue weighted by atomic mass is 17.2. The molecule has 142 valence electrons. The Balaban J connectivity index is 2.29. The van der Waals surface area contributed by atoms with Crippen LogP contribution in [0.1, 0.15) is 26.2 Å². The Hall–Kier alpha value is -1.97. The summed E-state index contributed by atoms with van der Waals surface area (Å²) in [5, 5.41) is 27.8. The molecule has 0 spiro atoms. The summed E-state index contributed by atoms with van der Waals surface area (Å²) in [6.45, 7) is 4.37. The van der Waals surface area contributed by atoms with Crippen LogP contribution in [0.15, 0.2) is 12.2 Å². The van der Waals surface area contributed by atoms with E-state index >= 15 is 0 Å². The van der Waals surface area contributed by atoms with Crippen LogP contribution in [-0.4, -0.2) is 59.2 Å². The van der Waals surface area contributed by atoms with Gasteiger partial charge in [0.2, 0.25) is 0 Å². The van der Waals surface area contributed by atoms with Crippen LogP contribution >= 0.6 is 0 Å². The molecule has 0 aliphatic heterocycles. The Morgan fingerprint density at radius 3 is 2.08 bits per heavy atom. The molecular weight excluding hydrogens is 336 g/mol. The SMILES string of the molecule is C=C(C)C(=O)OCC(O)COOCC1CC(C(=O)O)CC(C(=O)O)C1. The van der Waals surface area contributed by atoms with E-state index in [4.69, 9.17) is 24.7 Å². The number of aliphatic hydroxyl groups excluding tert-OH is 1. The average molecular weight is 360 g/mol. The number of carbonyl (C=O) groups excluding carboxylic acids is 1. The molecule has 0 heterocycles. The topological polar surface area (TPSA) is 140 Å². The third kappa shape index (κ3) is 7.63. The molecule has 0 bridgehead atoms. The van der Waals surface area contributed by atoms with E-state index in [1.165, 1.54) is 6.92 Å². The molecule has 0 aromatic carbocycles. The van der Waals surface area contributed by atoms with E-state index in [0.29, 0.717) is 12.8 Å². The Labute approximate surface area is 145 Å². The van der Waals surface area contributed by atoms with Gasteiger partial charge in [0.1, 0.15) is 19.3 Å². The fourth-order valence-electron chi connectivity index (χ4n) is 2.59. The summed E-state index contributed by atoms with van der Waals surface area (Å²) in [7, 11) is 0. The van der Waals surface area contributed by atoms with Crippen LogP contribution in [0, 0.1) is 17.8 Å². The molecule has 1 saturated carbocycles. The van der Waals surface area contributed by atoms with Gasteiger partial charge in [-0.1, -0.05) is 6.58 Å². The van der Waals surface area contributed by atoms with Crippen LogP contribution in [0.4, 0.5) is 0 Å². The van der Waals surface area contributed by atoms with Crippen molar-refractivity contribution in [3.63, 3.8) is 0 Å². The lowest BCUT2D eigenvalue weighted by atomic mass is 9.75. The number of esters is 1. The average Bonchev–Trinajstić information content (AvgIpc) is 2.55. The molecule has 0 saturated heterocycles. The zero-order chi connectivity index (χ0) is 19.0. The fraction of sp³-hybridized carbons (Fsp3) is 0.688. The van der Waals surface area contributed by atoms with E-state index < -0.39 is 35.8 Å². The van der Waals surface area contributed by atoms with E-state index in [1.807, 2.05) is 0 Å². The normalized spacial score (nSPS) is 24.3. The van der Waals surface area contributed by atoms with Crippen LogP contribution in [0.2, 0.25) is 0 Å². The molecule has 3 atom stereocenters. The van der Waals surface area contributed by atoms with Crippen molar-refractivity contribution in [2.75, 3.05) is 19.8 Å². The number of aliphatic carboxylic acids is 2. The second-order valence-corrected chi connectivity index (χ2v) is 6.25. The monoisotopic (exact) mass is 360 g/mol. The van der Waals surface area contributed by atoms with Gasteiger partial charge in [0.25, 0.3) is 0 Å². The molecule has 0 amide bonds. The van der Waals surface area contributed by atoms with Gasteiger partial charge < -0.3 is 20.1 Å². The summed E-state index contributed by atoms with van der Waals surface area (Å²) in [5.74, 6) is -4.39. The minimum atomic E-state index is -1.09. The van der Waals surface area contributed by atoms with Crippen molar-refractivity contribution in [3.8, 4) is 0 Å². The van der Waals surface area contributed by atoms with Gasteiger partial charge in [-0.2, -0.15) is 0 Å². The van der Waals surface area contributed by atoms with Gasteiger partial charge in [-0.05, 0) is 32.1 Å². The number of hydrogen-bond donors (Lipinski definition) is 3. The Morgan fingerprint density at radius 2 is 1.60 bits per heavy atom. The van der Waals surface area contributed by atoms with Crippen molar-refractivity contribution in [2.24, 2.45) is 17.8 Å². The summed E-state index contributed by atoms with van der Waals surface area (Å²) >= 11 is 0. The molecular formula is C16H24O9. The van der Waals surface area contributed by atoms with E-state index in [2.05, 4.69) is 6.58 Å². The standard InChI is InChI=1S/C16H24O9/c1-9(2)16(22)23-7-13(17)8-25-24-6-10-3-11(14(18)19)5-12(4-10)15(20)21/h10-13,17H,1,3-8H2,2H3,(H,18,19)(H,20,21). The quantitative estimate of drug-likeness (QED) is 0.168. The van der Waals surface area contributed by atoms with Crippen LogP contribution in [0.25, 0.3) is 0 Å². The summed E-state index contributed by atoms with van der Waals surface area (Å²) in [6.07, 6.45) is -0.370. The number of hydrogen-bond acceptors (Lipinski definition) is 7. The van der Waals surface area contributed by atoms with Crippen molar-refractivity contribution < 1.29 is 44.2 Å². The summed E-state index contributed by atoms with van der Waals surface area (Å²) in [6, 6.07) is 0. The highest BCUT2D eigenvalue weighted by molar-refractivity contribution is 5.86. The number of carbonyl (C=O) groups is 3. The van der Waals surface area contributed by atoms with Crippen molar-refractivity contribution >= 4 is 17.9 Å². The van der Waals surface area contributed by atoms with Crippen LogP contribution in [0.5, 0.6) is 0 Å². The van der Waals surface area contributed by atoms with Crippen LogP contribution in [0.3, 0.4) is 0 Å². The molecule has 25 heavy (non-hydrogen) atoms. The molecule has 1 rings (SSSR count). The molecule has 0 radical (unpaired) electrons. The number of carboxylic acid groups (broad SMARTS) is 2. The Morgan fingerprint density at radius 1 is 1.04 bits per heavy atom. The van der Waals surface area contributed by atoms with Gasteiger partial charge in [0.05, 0.1) is 18.4 Å². The molecule has 3 N–H and O–H groups in total. The Bertz CT molecular complexity index is 480. The zero-order valence-electron chi connectivity index (χ0n) is 14.1. The first kappa shape index (κ1) is 21.1. The lowest BCUT2D eigenvalue weighted by Gasteiger charge is -2.30. The van der Waals surface area contributed by atoms with Crippen molar-refractivity contribution in [3.05, 3.63) is 12.2 Å². The number of rotatable bonds is 10. The number of carboxylic acids is 2. The van der Waals surface area contributed by atoms with Crippen LogP contribution < -0.4 is 0 Å². The van der Waals surface area contributed by atoms with Crippen molar-refractivity contribution in [1.82, 2.24) is 0 Å². The first-order valence-electron chi connectivity index (χ1n) is 7.91. The maximum atomic E-state index is 11.2. The Kier molecular flexibility index (Phi) is 8.53. The van der Waals surface area contributed by atoms with E-state index in [0.717, 1.165) is 0 Å². The number of ether oxygens (including phenoxy) is 1. The van der Waals surface area contributed by atoms with Gasteiger partial charge in [0.15, 0.2) is 0 Å². The molecule has 9 heteroatoms. The minimum Gasteiger partial charge on any atom is -0.481 e. The van der Waals surface area contributed by atoms with Gasteiger partial charge >= 0.3 is 17.9 Å². The minimum absolute atomic E-state index is 0.0197. The van der Waals surface area contributed by atoms with Gasteiger partial charge in [0, 0.05) is 5.57 Å². The fourth-order valence-corrected chi connectivity index (χ4v) is 2.59. The van der Waals surface area contributed by atoms with E-state index in [1.54, 1.807) is 0 Å². The maximum Gasteiger partial charge on any atom is 0.333 e. The van der Waals surface area contributed by atoms with Crippen LogP contribution in [-0.2, 0) is 28.9 Å². The summed E-state index contributed by atoms with van der Waals surface area (Å²) in [4.78, 5) is 43.2. The van der Waals surface area contributed by atoms with Crippen molar-refractivity contribution in [2.45, 2.75) is 32.3 Å². The highest BCUT2D eigenvalue weighted by Gasteiger charge is 2.36. The summed E-state index contributed by atoms with van der Waals surface area (Å²) < 4.78 is 4.74. The molecule has 1 aliphatic rings. The second kappa shape index (κ2) is 10.1. The largest absolute Gasteiger partial charge is 0.481 e.